The van der Waals surface area contributed by atoms with Gasteiger partial charge in [0.1, 0.15) is 5.75 Å². The average molecular weight is 389 g/mol. The van der Waals surface area contributed by atoms with Crippen LogP contribution in [-0.4, -0.2) is 79.8 Å². The van der Waals surface area contributed by atoms with Gasteiger partial charge in [0.2, 0.25) is 17.7 Å². The summed E-state index contributed by atoms with van der Waals surface area (Å²) in [4.78, 5) is 43.9. The molecule has 1 atom stereocenters. The molecule has 2 rings (SSSR count). The molecular formula is C21H31N3O4. The van der Waals surface area contributed by atoms with Crippen molar-refractivity contribution in [3.05, 3.63) is 29.8 Å². The fourth-order valence-electron chi connectivity index (χ4n) is 3.38. The summed E-state index contributed by atoms with van der Waals surface area (Å²) in [5, 5.41) is 0. The van der Waals surface area contributed by atoms with Crippen molar-refractivity contribution in [2.75, 3.05) is 41.3 Å². The van der Waals surface area contributed by atoms with Crippen molar-refractivity contribution in [2.45, 2.75) is 38.1 Å². The van der Waals surface area contributed by atoms with Gasteiger partial charge in [-0.3, -0.25) is 19.3 Å². The zero-order valence-electron chi connectivity index (χ0n) is 17.7. The van der Waals surface area contributed by atoms with E-state index in [2.05, 4.69) is 0 Å². The van der Waals surface area contributed by atoms with Gasteiger partial charge in [0, 0.05) is 39.0 Å². The van der Waals surface area contributed by atoms with E-state index in [0.29, 0.717) is 24.4 Å². The third kappa shape index (κ3) is 4.35. The van der Waals surface area contributed by atoms with E-state index >= 15 is 0 Å². The van der Waals surface area contributed by atoms with Gasteiger partial charge in [-0.25, -0.2) is 0 Å². The topological polar surface area (TPSA) is 70.2 Å². The number of benzene rings is 1. The molecular weight excluding hydrogens is 358 g/mol. The van der Waals surface area contributed by atoms with Crippen LogP contribution in [0.5, 0.6) is 5.75 Å². The zero-order chi connectivity index (χ0) is 21.1. The number of methoxy groups -OCH3 is 1. The summed E-state index contributed by atoms with van der Waals surface area (Å²) < 4.78 is 5.31. The first-order valence-corrected chi connectivity index (χ1v) is 9.52. The molecule has 0 saturated carbocycles. The second-order valence-corrected chi connectivity index (χ2v) is 7.92. The van der Waals surface area contributed by atoms with Crippen LogP contribution in [0.2, 0.25) is 0 Å². The minimum atomic E-state index is -1.20. The summed E-state index contributed by atoms with van der Waals surface area (Å²) in [7, 11) is 7.05. The molecule has 28 heavy (non-hydrogen) atoms. The fraction of sp³-hybridized carbons (Fsp3) is 0.571. The van der Waals surface area contributed by atoms with Crippen LogP contribution in [0.4, 0.5) is 0 Å². The third-order valence-electron chi connectivity index (χ3n) is 5.42. The van der Waals surface area contributed by atoms with Crippen molar-refractivity contribution in [2.24, 2.45) is 0 Å². The summed E-state index contributed by atoms with van der Waals surface area (Å²) in [6.45, 7) is 4.72. The number of ether oxygens (including phenoxy) is 1. The summed E-state index contributed by atoms with van der Waals surface area (Å²) in [5.74, 6) is -0.116. The third-order valence-corrected chi connectivity index (χ3v) is 5.42. The lowest BCUT2D eigenvalue weighted by Crippen LogP contribution is -2.45. The Labute approximate surface area is 167 Å². The Bertz CT molecular complexity index is 747. The first-order valence-electron chi connectivity index (χ1n) is 9.52. The highest BCUT2D eigenvalue weighted by molar-refractivity contribution is 6.10. The quantitative estimate of drug-likeness (QED) is 0.631. The standard InChI is InChI=1S/C21H31N3O4/c1-15(2)23(5)18(25)13-21(16-8-7-9-17(12-16)28-6)14-19(26)24(20(21)27)11-10-22(3)4/h7-9,12,15H,10-11,13-14H2,1-6H3. The Morgan fingerprint density at radius 3 is 2.50 bits per heavy atom. The molecule has 7 heteroatoms. The van der Waals surface area contributed by atoms with E-state index in [1.165, 1.54) is 4.90 Å². The minimum Gasteiger partial charge on any atom is -0.497 e. The van der Waals surface area contributed by atoms with E-state index in [1.807, 2.05) is 32.8 Å². The summed E-state index contributed by atoms with van der Waals surface area (Å²) in [5.41, 5.74) is -0.555. The van der Waals surface area contributed by atoms with E-state index in [1.54, 1.807) is 43.3 Å². The molecule has 0 radical (unpaired) electrons. The number of nitrogens with zero attached hydrogens (tertiary/aromatic N) is 3. The Kier molecular flexibility index (Phi) is 6.82. The number of hydrogen-bond donors (Lipinski definition) is 0. The number of rotatable bonds is 8. The van der Waals surface area contributed by atoms with E-state index in [4.69, 9.17) is 4.74 Å². The highest BCUT2D eigenvalue weighted by Gasteiger charge is 2.54. The number of likely N-dealkylation sites (tertiary alicyclic amines) is 1. The summed E-state index contributed by atoms with van der Waals surface area (Å²) >= 11 is 0. The second-order valence-electron chi connectivity index (χ2n) is 7.92. The van der Waals surface area contributed by atoms with Crippen LogP contribution in [-0.2, 0) is 19.8 Å². The molecule has 1 aromatic rings. The summed E-state index contributed by atoms with van der Waals surface area (Å²) in [6, 6.07) is 7.12. The maximum Gasteiger partial charge on any atom is 0.240 e. The minimum absolute atomic E-state index is 0.00640. The lowest BCUT2D eigenvalue weighted by atomic mass is 9.75. The van der Waals surface area contributed by atoms with Gasteiger partial charge in [-0.2, -0.15) is 0 Å². The van der Waals surface area contributed by atoms with Gasteiger partial charge in [0.25, 0.3) is 0 Å². The van der Waals surface area contributed by atoms with Crippen molar-refractivity contribution < 1.29 is 19.1 Å². The molecule has 154 valence electrons. The first-order chi connectivity index (χ1) is 13.1. The van der Waals surface area contributed by atoms with Crippen molar-refractivity contribution in [1.82, 2.24) is 14.7 Å². The summed E-state index contributed by atoms with van der Waals surface area (Å²) in [6.07, 6.45) is -0.0536. The van der Waals surface area contributed by atoms with Crippen LogP contribution < -0.4 is 4.74 Å². The van der Waals surface area contributed by atoms with Crippen LogP contribution in [0.1, 0.15) is 32.3 Å². The average Bonchev–Trinajstić information content (AvgIpc) is 2.89. The number of carbonyl (C=O) groups is 3. The molecule has 0 N–H and O–H groups in total. The first kappa shape index (κ1) is 21.9. The van der Waals surface area contributed by atoms with E-state index in [0.717, 1.165) is 0 Å². The van der Waals surface area contributed by atoms with Gasteiger partial charge in [-0.05, 0) is 45.6 Å². The Balaban J connectivity index is 2.46. The van der Waals surface area contributed by atoms with Crippen molar-refractivity contribution >= 4 is 17.7 Å². The molecule has 7 nitrogen and oxygen atoms in total. The molecule has 1 aromatic carbocycles. The molecule has 1 fully saturated rings. The number of imide groups is 1. The highest BCUT2D eigenvalue weighted by atomic mass is 16.5. The van der Waals surface area contributed by atoms with Gasteiger partial charge in [0.15, 0.2) is 0 Å². The van der Waals surface area contributed by atoms with Crippen molar-refractivity contribution in [3.63, 3.8) is 0 Å². The lowest BCUT2D eigenvalue weighted by Gasteiger charge is -2.31. The predicted molar refractivity (Wildman–Crippen MR) is 107 cm³/mol. The van der Waals surface area contributed by atoms with Crippen molar-refractivity contribution in [3.8, 4) is 5.75 Å². The van der Waals surface area contributed by atoms with Gasteiger partial charge < -0.3 is 14.5 Å². The maximum atomic E-state index is 13.5. The molecule has 0 aliphatic carbocycles. The van der Waals surface area contributed by atoms with Gasteiger partial charge in [0.05, 0.1) is 12.5 Å². The number of amides is 3. The molecule has 1 unspecified atom stereocenters. The molecule has 0 spiro atoms. The van der Waals surface area contributed by atoms with E-state index in [9.17, 15) is 14.4 Å². The van der Waals surface area contributed by atoms with Gasteiger partial charge in [-0.1, -0.05) is 12.1 Å². The fourth-order valence-corrected chi connectivity index (χ4v) is 3.38. The van der Waals surface area contributed by atoms with Gasteiger partial charge >= 0.3 is 0 Å². The Hall–Kier alpha value is -2.41. The van der Waals surface area contributed by atoms with Crippen molar-refractivity contribution in [1.29, 1.82) is 0 Å². The number of hydrogen-bond acceptors (Lipinski definition) is 5. The monoisotopic (exact) mass is 389 g/mol. The number of carbonyl (C=O) groups excluding carboxylic acids is 3. The SMILES string of the molecule is COc1cccc(C2(CC(=O)N(C)C(C)C)CC(=O)N(CCN(C)C)C2=O)c1. The van der Waals surface area contributed by atoms with E-state index in [-0.39, 0.29) is 36.6 Å². The normalized spacial score (nSPS) is 19.6. The molecule has 0 bridgehead atoms. The highest BCUT2D eigenvalue weighted by Crippen LogP contribution is 2.41. The molecule has 1 aliphatic heterocycles. The van der Waals surface area contributed by atoms with E-state index < -0.39 is 5.41 Å². The second kappa shape index (κ2) is 8.73. The van der Waals surface area contributed by atoms with Crippen LogP contribution in [0.15, 0.2) is 24.3 Å². The molecule has 1 aliphatic rings. The molecule has 1 heterocycles. The predicted octanol–water partition coefficient (Wildman–Crippen LogP) is 1.51. The Morgan fingerprint density at radius 1 is 1.25 bits per heavy atom. The van der Waals surface area contributed by atoms with Crippen LogP contribution in [0.3, 0.4) is 0 Å². The smallest absolute Gasteiger partial charge is 0.240 e. The van der Waals surface area contributed by atoms with Gasteiger partial charge in [-0.15, -0.1) is 0 Å². The zero-order valence-corrected chi connectivity index (χ0v) is 17.7. The number of likely N-dealkylation sites (N-methyl/N-ethyl adjacent to an activating group) is 1. The van der Waals surface area contributed by atoms with Crippen LogP contribution >= 0.6 is 0 Å². The molecule has 1 saturated heterocycles. The Morgan fingerprint density at radius 2 is 1.93 bits per heavy atom. The largest absolute Gasteiger partial charge is 0.497 e. The van der Waals surface area contributed by atoms with Crippen LogP contribution in [0.25, 0.3) is 0 Å². The lowest BCUT2D eigenvalue weighted by molar-refractivity contribution is -0.142. The van der Waals surface area contributed by atoms with Crippen LogP contribution in [0, 0.1) is 0 Å². The molecule has 0 aromatic heterocycles. The molecule has 3 amide bonds. The maximum absolute atomic E-state index is 13.5.